The van der Waals surface area contributed by atoms with E-state index in [1.165, 1.54) is 4.90 Å². The molecule has 1 aromatic carbocycles. The Balaban J connectivity index is 1.74. The molecule has 1 aliphatic rings. The quantitative estimate of drug-likeness (QED) is 0.650. The molecule has 1 atom stereocenters. The fourth-order valence-electron chi connectivity index (χ4n) is 3.53. The second kappa shape index (κ2) is 9.55. The number of aromatic nitrogens is 3. The summed E-state index contributed by atoms with van der Waals surface area (Å²) in [5.74, 6) is -3.08. The van der Waals surface area contributed by atoms with Gasteiger partial charge in [-0.1, -0.05) is 0 Å². The number of amides is 2. The van der Waals surface area contributed by atoms with Crippen LogP contribution in [0, 0.1) is 11.6 Å². The van der Waals surface area contributed by atoms with Gasteiger partial charge in [0.15, 0.2) is 5.82 Å². The summed E-state index contributed by atoms with van der Waals surface area (Å²) < 4.78 is 73.0. The Bertz CT molecular complexity index is 1060. The first-order chi connectivity index (χ1) is 15.7. The third kappa shape index (κ3) is 6.41. The van der Waals surface area contributed by atoms with Crippen LogP contribution in [0.4, 0.5) is 26.7 Å². The van der Waals surface area contributed by atoms with Gasteiger partial charge in [-0.15, -0.1) is 10.2 Å². The average Bonchev–Trinajstić information content (AvgIpc) is 3.12. The van der Waals surface area contributed by atoms with Gasteiger partial charge >= 0.3 is 12.3 Å². The molecule has 1 aliphatic heterocycles. The summed E-state index contributed by atoms with van der Waals surface area (Å²) >= 11 is 0. The van der Waals surface area contributed by atoms with Crippen molar-refractivity contribution < 1.29 is 36.3 Å². The first kappa shape index (κ1) is 25.4. The van der Waals surface area contributed by atoms with Crippen LogP contribution in [-0.2, 0) is 35.2 Å². The highest BCUT2D eigenvalue weighted by Crippen LogP contribution is 2.29. The van der Waals surface area contributed by atoms with Crippen molar-refractivity contribution in [3.05, 3.63) is 47.0 Å². The molecule has 0 saturated carbocycles. The molecule has 2 aromatic rings. The van der Waals surface area contributed by atoms with E-state index < -0.39 is 47.3 Å². The zero-order valence-electron chi connectivity index (χ0n) is 18.7. The largest absolute Gasteiger partial charge is 0.451 e. The van der Waals surface area contributed by atoms with Gasteiger partial charge in [-0.2, -0.15) is 13.2 Å². The number of alkyl halides is 3. The van der Waals surface area contributed by atoms with Crippen LogP contribution in [0.5, 0.6) is 0 Å². The van der Waals surface area contributed by atoms with Gasteiger partial charge in [0.25, 0.3) is 0 Å². The predicted molar refractivity (Wildman–Crippen MR) is 108 cm³/mol. The number of carbonyl (C=O) groups is 2. The summed E-state index contributed by atoms with van der Waals surface area (Å²) in [5.41, 5.74) is -0.891. The third-order valence-corrected chi connectivity index (χ3v) is 4.98. The fourth-order valence-corrected chi connectivity index (χ4v) is 3.53. The molecular formula is C21H24F5N5O3. The number of nitrogens with zero attached hydrogens (tertiary/aromatic N) is 4. The third-order valence-electron chi connectivity index (χ3n) is 4.98. The lowest BCUT2D eigenvalue weighted by atomic mass is 10.0. The average molecular weight is 489 g/mol. The van der Waals surface area contributed by atoms with Crippen molar-refractivity contribution >= 4 is 12.0 Å². The van der Waals surface area contributed by atoms with Crippen molar-refractivity contribution in [3.63, 3.8) is 0 Å². The second-order valence-electron chi connectivity index (χ2n) is 8.89. The van der Waals surface area contributed by atoms with Crippen LogP contribution in [0.3, 0.4) is 0 Å². The van der Waals surface area contributed by atoms with E-state index in [1.807, 2.05) is 0 Å². The van der Waals surface area contributed by atoms with Gasteiger partial charge < -0.3 is 19.5 Å². The van der Waals surface area contributed by atoms with Crippen LogP contribution in [-0.4, -0.2) is 49.9 Å². The predicted octanol–water partition coefficient (Wildman–Crippen LogP) is 3.44. The van der Waals surface area contributed by atoms with Gasteiger partial charge in [-0.3, -0.25) is 4.79 Å². The van der Waals surface area contributed by atoms with Crippen LogP contribution in [0.25, 0.3) is 0 Å². The van der Waals surface area contributed by atoms with Crippen molar-refractivity contribution in [1.82, 2.24) is 25.0 Å². The van der Waals surface area contributed by atoms with Crippen LogP contribution in [0.15, 0.2) is 18.2 Å². The highest BCUT2D eigenvalue weighted by Gasteiger charge is 2.40. The Morgan fingerprint density at radius 2 is 1.85 bits per heavy atom. The summed E-state index contributed by atoms with van der Waals surface area (Å²) in [6.45, 7) is 4.50. The maximum atomic E-state index is 14.2. The standard InChI is InChI=1S/C21H24F5N5O3/c1-20(2,3)34-19(33)27-14(9-12-8-13(22)4-5-15(12)23)10-17(32)30-6-7-31-16(11-30)28-29-18(31)21(24,25)26/h4-5,8,14H,6-7,9-11H2,1-3H3,(H,27,33). The van der Waals surface area contributed by atoms with Gasteiger partial charge in [-0.05, 0) is 51.0 Å². The number of rotatable bonds is 5. The van der Waals surface area contributed by atoms with Gasteiger partial charge in [0, 0.05) is 25.6 Å². The van der Waals surface area contributed by atoms with Gasteiger partial charge in [-0.25, -0.2) is 13.6 Å². The van der Waals surface area contributed by atoms with E-state index in [9.17, 15) is 31.5 Å². The zero-order chi connectivity index (χ0) is 25.3. The molecule has 1 aromatic heterocycles. The molecule has 3 rings (SSSR count). The normalized spacial score (nSPS) is 15.0. The molecule has 0 bridgehead atoms. The molecule has 0 saturated heterocycles. The number of ether oxygens (including phenoxy) is 1. The molecule has 0 aliphatic carbocycles. The summed E-state index contributed by atoms with van der Waals surface area (Å²) in [5, 5.41) is 9.20. The SMILES string of the molecule is CC(C)(C)OC(=O)NC(CC(=O)N1CCn2c(nnc2C(F)(F)F)C1)Cc1cc(F)ccc1F. The molecule has 13 heteroatoms. The lowest BCUT2D eigenvalue weighted by molar-refractivity contribution is -0.148. The smallest absolute Gasteiger partial charge is 0.444 e. The van der Waals surface area contributed by atoms with E-state index in [0.29, 0.717) is 0 Å². The monoisotopic (exact) mass is 489 g/mol. The molecule has 0 fully saturated rings. The van der Waals surface area contributed by atoms with E-state index in [1.54, 1.807) is 20.8 Å². The Hall–Kier alpha value is -3.25. The summed E-state index contributed by atoms with van der Waals surface area (Å²) in [6.07, 6.45) is -6.06. The number of hydrogen-bond acceptors (Lipinski definition) is 5. The summed E-state index contributed by atoms with van der Waals surface area (Å²) in [7, 11) is 0. The van der Waals surface area contributed by atoms with Crippen LogP contribution >= 0.6 is 0 Å². The summed E-state index contributed by atoms with van der Waals surface area (Å²) in [4.78, 5) is 26.5. The number of benzene rings is 1. The topological polar surface area (TPSA) is 89.4 Å². The first-order valence-corrected chi connectivity index (χ1v) is 10.4. The van der Waals surface area contributed by atoms with E-state index in [-0.39, 0.29) is 43.9 Å². The van der Waals surface area contributed by atoms with E-state index in [2.05, 4.69) is 15.5 Å². The van der Waals surface area contributed by atoms with Crippen molar-refractivity contribution in [2.45, 2.75) is 64.5 Å². The number of carbonyl (C=O) groups excluding carboxylic acids is 2. The van der Waals surface area contributed by atoms with Crippen molar-refractivity contribution in [2.75, 3.05) is 6.54 Å². The number of nitrogens with one attached hydrogen (secondary N) is 1. The van der Waals surface area contributed by atoms with Crippen LogP contribution in [0.2, 0.25) is 0 Å². The molecular weight excluding hydrogens is 465 g/mol. The minimum absolute atomic E-state index is 0.0280. The number of halogens is 5. The van der Waals surface area contributed by atoms with E-state index in [4.69, 9.17) is 4.74 Å². The Labute approximate surface area is 192 Å². The highest BCUT2D eigenvalue weighted by atomic mass is 19.4. The van der Waals surface area contributed by atoms with Gasteiger partial charge in [0.05, 0.1) is 6.54 Å². The molecule has 2 amide bonds. The minimum atomic E-state index is -4.67. The van der Waals surface area contributed by atoms with Crippen LogP contribution in [0.1, 0.15) is 44.4 Å². The molecule has 2 heterocycles. The molecule has 8 nitrogen and oxygen atoms in total. The summed E-state index contributed by atoms with van der Waals surface area (Å²) in [6, 6.07) is 1.88. The van der Waals surface area contributed by atoms with Crippen LogP contribution < -0.4 is 5.32 Å². The fraction of sp³-hybridized carbons (Fsp3) is 0.524. The maximum absolute atomic E-state index is 14.2. The Kier molecular flexibility index (Phi) is 7.13. The maximum Gasteiger partial charge on any atom is 0.451 e. The molecule has 0 radical (unpaired) electrons. The van der Waals surface area contributed by atoms with Crippen molar-refractivity contribution in [2.24, 2.45) is 0 Å². The van der Waals surface area contributed by atoms with Gasteiger partial charge in [0.2, 0.25) is 11.7 Å². The number of hydrogen-bond donors (Lipinski definition) is 1. The molecule has 34 heavy (non-hydrogen) atoms. The lowest BCUT2D eigenvalue weighted by Gasteiger charge is -2.30. The van der Waals surface area contributed by atoms with Crippen molar-refractivity contribution in [1.29, 1.82) is 0 Å². The Morgan fingerprint density at radius 3 is 2.50 bits per heavy atom. The zero-order valence-corrected chi connectivity index (χ0v) is 18.7. The molecule has 0 spiro atoms. The molecule has 1 unspecified atom stereocenters. The highest BCUT2D eigenvalue weighted by molar-refractivity contribution is 5.78. The number of alkyl carbamates (subject to hydrolysis) is 1. The van der Waals surface area contributed by atoms with E-state index in [0.717, 1.165) is 22.8 Å². The number of fused-ring (bicyclic) bond motifs is 1. The second-order valence-corrected chi connectivity index (χ2v) is 8.89. The first-order valence-electron chi connectivity index (χ1n) is 10.4. The van der Waals surface area contributed by atoms with Gasteiger partial charge in [0.1, 0.15) is 17.2 Å². The minimum Gasteiger partial charge on any atom is -0.444 e. The molecule has 186 valence electrons. The Morgan fingerprint density at radius 1 is 1.15 bits per heavy atom. The van der Waals surface area contributed by atoms with E-state index >= 15 is 0 Å². The van der Waals surface area contributed by atoms with Crippen molar-refractivity contribution in [3.8, 4) is 0 Å². The molecule has 1 N–H and O–H groups in total. The lowest BCUT2D eigenvalue weighted by Crippen LogP contribution is -2.45.